The summed E-state index contributed by atoms with van der Waals surface area (Å²) >= 11 is -0.158. The monoisotopic (exact) mass is 383 g/mol. The number of thioether (sulfide) groups is 1. The first-order chi connectivity index (χ1) is 12.4. The number of nitrogens with one attached hydrogen (secondary N) is 1. The normalized spacial score (nSPS) is 20.5. The summed E-state index contributed by atoms with van der Waals surface area (Å²) in [5.74, 6) is 0. The Kier molecular flexibility index (Phi) is 5.92. The van der Waals surface area contributed by atoms with Crippen molar-refractivity contribution in [1.29, 1.82) is 0 Å². The average molecular weight is 383 g/mol. The molecule has 1 aliphatic heterocycles. The van der Waals surface area contributed by atoms with Crippen LogP contribution < -0.4 is 5.32 Å². The lowest BCUT2D eigenvalue weighted by molar-refractivity contribution is -0.124. The summed E-state index contributed by atoms with van der Waals surface area (Å²) in [4.78, 5) is 0.0955. The van der Waals surface area contributed by atoms with Crippen LogP contribution in [0.4, 0.5) is 13.2 Å². The molecule has 0 bridgehead atoms. The molecule has 26 heavy (non-hydrogen) atoms. The molecule has 3 rings (SSSR count). The average Bonchev–Trinajstić information content (AvgIpc) is 2.63. The number of morpholine rings is 1. The molecular formula is C19H20F3NO2S. The van der Waals surface area contributed by atoms with Crippen molar-refractivity contribution in [2.45, 2.75) is 28.5 Å². The Balaban J connectivity index is 1.97. The first-order valence-electron chi connectivity index (χ1n) is 8.32. The fraction of sp³-hybridized carbons (Fsp3) is 0.368. The number of alkyl halides is 3. The molecule has 0 radical (unpaired) electrons. The molecule has 0 saturated carbocycles. The maximum absolute atomic E-state index is 12.9. The number of hydrogen-bond acceptors (Lipinski definition) is 4. The zero-order valence-electron chi connectivity index (χ0n) is 14.0. The summed E-state index contributed by atoms with van der Waals surface area (Å²) in [6.45, 7) is 1.56. The third kappa shape index (κ3) is 4.59. The molecule has 7 heteroatoms. The van der Waals surface area contributed by atoms with E-state index in [2.05, 4.69) is 5.32 Å². The second-order valence-electron chi connectivity index (χ2n) is 6.19. The van der Waals surface area contributed by atoms with Crippen LogP contribution in [0.3, 0.4) is 0 Å². The van der Waals surface area contributed by atoms with Gasteiger partial charge in [0.25, 0.3) is 0 Å². The molecule has 1 heterocycles. The molecule has 140 valence electrons. The van der Waals surface area contributed by atoms with Gasteiger partial charge < -0.3 is 15.2 Å². The Bertz CT molecular complexity index is 720. The molecular weight excluding hydrogens is 363 g/mol. The Morgan fingerprint density at radius 1 is 1.08 bits per heavy atom. The third-order valence-electron chi connectivity index (χ3n) is 4.39. The van der Waals surface area contributed by atoms with Crippen LogP contribution in [-0.2, 0) is 16.8 Å². The Labute approximate surface area is 154 Å². The third-order valence-corrected chi connectivity index (χ3v) is 5.24. The number of aliphatic hydroxyl groups is 1. The van der Waals surface area contributed by atoms with Gasteiger partial charge in [-0.2, -0.15) is 13.2 Å². The van der Waals surface area contributed by atoms with Crippen LogP contribution in [0.5, 0.6) is 0 Å². The Hall–Kier alpha value is -1.54. The van der Waals surface area contributed by atoms with Gasteiger partial charge in [0.15, 0.2) is 0 Å². The molecule has 2 aromatic carbocycles. The van der Waals surface area contributed by atoms with Crippen molar-refractivity contribution >= 4 is 11.8 Å². The molecule has 0 aromatic heterocycles. The van der Waals surface area contributed by atoms with Crippen molar-refractivity contribution in [2.24, 2.45) is 0 Å². The van der Waals surface area contributed by atoms with Crippen molar-refractivity contribution in [1.82, 2.24) is 5.32 Å². The predicted molar refractivity (Wildman–Crippen MR) is 95.0 cm³/mol. The van der Waals surface area contributed by atoms with E-state index in [1.54, 1.807) is 42.5 Å². The topological polar surface area (TPSA) is 41.5 Å². The van der Waals surface area contributed by atoms with E-state index in [1.807, 2.05) is 6.07 Å². The van der Waals surface area contributed by atoms with Crippen molar-refractivity contribution in [2.75, 3.05) is 19.7 Å². The maximum Gasteiger partial charge on any atom is 0.446 e. The minimum absolute atomic E-state index is 0.0304. The van der Waals surface area contributed by atoms with E-state index in [4.69, 9.17) is 4.74 Å². The second-order valence-corrected chi connectivity index (χ2v) is 7.29. The minimum atomic E-state index is -4.39. The van der Waals surface area contributed by atoms with Crippen LogP contribution >= 0.6 is 11.8 Å². The molecule has 0 spiro atoms. The number of hydrogen-bond donors (Lipinski definition) is 2. The van der Waals surface area contributed by atoms with Gasteiger partial charge in [-0.25, -0.2) is 0 Å². The number of benzene rings is 2. The zero-order valence-corrected chi connectivity index (χ0v) is 14.8. The molecule has 2 N–H and O–H groups in total. The lowest BCUT2D eigenvalue weighted by Crippen LogP contribution is -2.52. The van der Waals surface area contributed by atoms with Gasteiger partial charge in [0.2, 0.25) is 0 Å². The summed E-state index contributed by atoms with van der Waals surface area (Å²) in [5, 5.41) is 14.7. The van der Waals surface area contributed by atoms with Crippen LogP contribution in [-0.4, -0.2) is 36.4 Å². The summed E-state index contributed by atoms with van der Waals surface area (Å²) in [5.41, 5.74) is -4.75. The molecule has 2 aromatic rings. The van der Waals surface area contributed by atoms with E-state index >= 15 is 0 Å². The van der Waals surface area contributed by atoms with Gasteiger partial charge in [-0.05, 0) is 29.0 Å². The molecule has 2 unspecified atom stereocenters. The fourth-order valence-corrected chi connectivity index (χ4v) is 3.83. The Morgan fingerprint density at radius 2 is 1.77 bits per heavy atom. The standard InChI is InChI=1S/C19H20F3NO2S/c20-19(21,22)26-16-9-5-4-6-14(16)12-18(24,15-7-2-1-3-8-15)17-13-23-10-11-25-17/h1-9,17,23-24H,10-13H2. The van der Waals surface area contributed by atoms with Gasteiger partial charge in [0, 0.05) is 24.4 Å². The lowest BCUT2D eigenvalue weighted by Gasteiger charge is -2.39. The first-order valence-corrected chi connectivity index (χ1v) is 9.14. The number of halogens is 3. The molecule has 0 amide bonds. The predicted octanol–water partition coefficient (Wildman–Crippen LogP) is 3.72. The molecule has 1 fully saturated rings. The number of ether oxygens (including phenoxy) is 1. The fourth-order valence-electron chi connectivity index (χ4n) is 3.17. The first kappa shape index (κ1) is 19.2. The molecule has 0 aliphatic carbocycles. The highest BCUT2D eigenvalue weighted by Crippen LogP contribution is 2.41. The van der Waals surface area contributed by atoms with E-state index < -0.39 is 17.2 Å². The maximum atomic E-state index is 12.9. The molecule has 1 aliphatic rings. The van der Waals surface area contributed by atoms with E-state index in [9.17, 15) is 18.3 Å². The van der Waals surface area contributed by atoms with Gasteiger partial charge in [-0.1, -0.05) is 48.5 Å². The highest BCUT2D eigenvalue weighted by molar-refractivity contribution is 8.00. The van der Waals surface area contributed by atoms with E-state index in [0.717, 1.165) is 0 Å². The second kappa shape index (κ2) is 8.00. The Morgan fingerprint density at radius 3 is 2.42 bits per heavy atom. The summed E-state index contributed by atoms with van der Waals surface area (Å²) in [6.07, 6.45) is -0.523. The summed E-state index contributed by atoms with van der Waals surface area (Å²) in [6, 6.07) is 15.3. The van der Waals surface area contributed by atoms with Gasteiger partial charge >= 0.3 is 5.51 Å². The van der Waals surface area contributed by atoms with E-state index in [-0.39, 0.29) is 23.1 Å². The zero-order chi connectivity index (χ0) is 18.6. The van der Waals surface area contributed by atoms with Crippen molar-refractivity contribution in [3.05, 3.63) is 65.7 Å². The largest absolute Gasteiger partial charge is 0.446 e. The molecule has 3 nitrogen and oxygen atoms in total. The van der Waals surface area contributed by atoms with E-state index in [0.29, 0.717) is 30.8 Å². The smallest absolute Gasteiger partial charge is 0.382 e. The van der Waals surface area contributed by atoms with Crippen LogP contribution in [0.2, 0.25) is 0 Å². The highest BCUT2D eigenvalue weighted by atomic mass is 32.2. The number of rotatable bonds is 5. The van der Waals surface area contributed by atoms with Gasteiger partial charge in [0.05, 0.1) is 6.61 Å². The molecule has 1 saturated heterocycles. The quantitative estimate of drug-likeness (QED) is 0.773. The minimum Gasteiger partial charge on any atom is -0.382 e. The van der Waals surface area contributed by atoms with Crippen LogP contribution in [0.15, 0.2) is 59.5 Å². The van der Waals surface area contributed by atoms with Crippen LogP contribution in [0.1, 0.15) is 11.1 Å². The van der Waals surface area contributed by atoms with Gasteiger partial charge in [-0.3, -0.25) is 0 Å². The highest BCUT2D eigenvalue weighted by Gasteiger charge is 2.41. The SMILES string of the molecule is OC(Cc1ccccc1SC(F)(F)F)(c1ccccc1)C1CNCCO1. The van der Waals surface area contributed by atoms with E-state index in [1.165, 1.54) is 6.07 Å². The van der Waals surface area contributed by atoms with Gasteiger partial charge in [-0.15, -0.1) is 0 Å². The van der Waals surface area contributed by atoms with Crippen molar-refractivity contribution in [3.63, 3.8) is 0 Å². The summed E-state index contributed by atoms with van der Waals surface area (Å²) < 4.78 is 44.5. The van der Waals surface area contributed by atoms with Crippen molar-refractivity contribution in [3.8, 4) is 0 Å². The van der Waals surface area contributed by atoms with Crippen LogP contribution in [0.25, 0.3) is 0 Å². The summed E-state index contributed by atoms with van der Waals surface area (Å²) in [7, 11) is 0. The lowest BCUT2D eigenvalue weighted by atomic mass is 9.82. The van der Waals surface area contributed by atoms with Crippen LogP contribution in [0, 0.1) is 0 Å². The van der Waals surface area contributed by atoms with Gasteiger partial charge in [0.1, 0.15) is 11.7 Å². The molecule has 2 atom stereocenters. The van der Waals surface area contributed by atoms with Crippen molar-refractivity contribution < 1.29 is 23.0 Å².